The lowest BCUT2D eigenvalue weighted by Gasteiger charge is -2.15. The number of hydrogen-bond donors (Lipinski definition) is 3. The van der Waals surface area contributed by atoms with Gasteiger partial charge < -0.3 is 11.1 Å². The highest BCUT2D eigenvalue weighted by atomic mass is 19.4. The van der Waals surface area contributed by atoms with E-state index in [0.29, 0.717) is 23.0 Å². The van der Waals surface area contributed by atoms with Crippen LogP contribution in [0.2, 0.25) is 0 Å². The number of nitrogen functional groups attached to an aromatic ring is 1. The summed E-state index contributed by atoms with van der Waals surface area (Å²) in [6, 6.07) is 7.88. The number of fused-ring (bicyclic) bond motifs is 1. The zero-order valence-electron chi connectivity index (χ0n) is 14.8. The number of nitrogens with one attached hydrogen (secondary N) is 2. The Hall–Kier alpha value is -3.63. The molecule has 30 heavy (non-hydrogen) atoms. The Labute approximate surface area is 165 Å². The van der Waals surface area contributed by atoms with Crippen LogP contribution in [0.4, 0.5) is 32.0 Å². The summed E-state index contributed by atoms with van der Waals surface area (Å²) in [5.74, 6) is -1.16. The van der Waals surface area contributed by atoms with E-state index in [9.17, 15) is 31.1 Å². The van der Waals surface area contributed by atoms with Gasteiger partial charge in [-0.3, -0.25) is 10.2 Å². The fourth-order valence-electron chi connectivity index (χ4n) is 2.65. The molecule has 0 atom stereocenters. The minimum atomic E-state index is -5.02. The Morgan fingerprint density at radius 2 is 1.50 bits per heavy atom. The number of alkyl halides is 6. The molecule has 0 spiro atoms. The van der Waals surface area contributed by atoms with Crippen molar-refractivity contribution >= 4 is 28.3 Å². The molecule has 2 aromatic carbocycles. The summed E-state index contributed by atoms with van der Waals surface area (Å²) in [5.41, 5.74) is 2.24. The molecular weight excluding hydrogens is 414 g/mol. The maximum absolute atomic E-state index is 12.9. The largest absolute Gasteiger partial charge is 0.416 e. The number of amides is 1. The van der Waals surface area contributed by atoms with Gasteiger partial charge in [0.15, 0.2) is 0 Å². The summed E-state index contributed by atoms with van der Waals surface area (Å²) in [5, 5.41) is 9.89. The van der Waals surface area contributed by atoms with Gasteiger partial charge in [0.05, 0.1) is 16.6 Å². The monoisotopic (exact) mass is 426 g/mol. The summed E-state index contributed by atoms with van der Waals surface area (Å²) in [7, 11) is 0. The number of amidine groups is 1. The number of pyridine rings is 1. The van der Waals surface area contributed by atoms with E-state index in [4.69, 9.17) is 11.1 Å². The standard InChI is InChI=1S/C19H12F6N4O/c20-18(21,22)11-6-12(19(23,24)25)8-13(7-11)28-17(30)10-2-3-14-9(5-10)1-4-15(29-14)16(26)27/h1-8H,(H3,26,27)(H,28,30). The van der Waals surface area contributed by atoms with E-state index < -0.39 is 35.1 Å². The fraction of sp³-hybridized carbons (Fsp3) is 0.105. The first-order valence-corrected chi connectivity index (χ1v) is 8.20. The first-order valence-electron chi connectivity index (χ1n) is 8.20. The van der Waals surface area contributed by atoms with Crippen molar-refractivity contribution in [2.24, 2.45) is 5.73 Å². The summed E-state index contributed by atoms with van der Waals surface area (Å²) in [4.78, 5) is 16.5. The molecule has 3 rings (SSSR count). The van der Waals surface area contributed by atoms with Crippen LogP contribution in [0.3, 0.4) is 0 Å². The minimum Gasteiger partial charge on any atom is -0.382 e. The van der Waals surface area contributed by atoms with Crippen molar-refractivity contribution in [2.45, 2.75) is 12.4 Å². The Morgan fingerprint density at radius 1 is 0.900 bits per heavy atom. The third-order valence-corrected chi connectivity index (χ3v) is 4.07. The van der Waals surface area contributed by atoms with Gasteiger partial charge in [-0.15, -0.1) is 0 Å². The van der Waals surface area contributed by atoms with Crippen LogP contribution in [-0.4, -0.2) is 16.7 Å². The van der Waals surface area contributed by atoms with Crippen LogP contribution in [0.15, 0.2) is 48.5 Å². The zero-order valence-corrected chi connectivity index (χ0v) is 14.8. The van der Waals surface area contributed by atoms with E-state index in [2.05, 4.69) is 10.3 Å². The molecule has 0 unspecified atom stereocenters. The highest BCUT2D eigenvalue weighted by molar-refractivity contribution is 6.06. The highest BCUT2D eigenvalue weighted by Gasteiger charge is 2.37. The molecule has 1 aromatic heterocycles. The molecule has 0 aliphatic rings. The van der Waals surface area contributed by atoms with Crippen molar-refractivity contribution in [3.05, 3.63) is 70.9 Å². The van der Waals surface area contributed by atoms with E-state index in [1.807, 2.05) is 0 Å². The second-order valence-electron chi connectivity index (χ2n) is 6.27. The molecule has 156 valence electrons. The summed E-state index contributed by atoms with van der Waals surface area (Å²) >= 11 is 0. The van der Waals surface area contributed by atoms with Crippen molar-refractivity contribution in [3.8, 4) is 0 Å². The predicted molar refractivity (Wildman–Crippen MR) is 97.2 cm³/mol. The topological polar surface area (TPSA) is 91.9 Å². The maximum Gasteiger partial charge on any atom is 0.416 e. The number of nitrogens with zero attached hydrogens (tertiary/aromatic N) is 1. The molecule has 0 saturated carbocycles. The number of hydrogen-bond acceptors (Lipinski definition) is 3. The molecule has 11 heteroatoms. The number of benzene rings is 2. The van der Waals surface area contributed by atoms with Crippen LogP contribution in [0, 0.1) is 5.41 Å². The van der Waals surface area contributed by atoms with Crippen LogP contribution >= 0.6 is 0 Å². The van der Waals surface area contributed by atoms with Crippen LogP contribution in [0.1, 0.15) is 27.2 Å². The number of carbonyl (C=O) groups is 1. The Morgan fingerprint density at radius 3 is 2.03 bits per heavy atom. The predicted octanol–water partition coefficient (Wildman–Crippen LogP) is 4.81. The molecule has 4 N–H and O–H groups in total. The van der Waals surface area contributed by atoms with Crippen LogP contribution in [0.5, 0.6) is 0 Å². The van der Waals surface area contributed by atoms with Crippen molar-refractivity contribution in [2.75, 3.05) is 5.32 Å². The Kier molecular flexibility index (Phi) is 5.15. The van der Waals surface area contributed by atoms with Crippen molar-refractivity contribution < 1.29 is 31.1 Å². The molecule has 0 bridgehead atoms. The summed E-state index contributed by atoms with van der Waals surface area (Å²) in [6.45, 7) is 0. The van der Waals surface area contributed by atoms with Crippen LogP contribution < -0.4 is 11.1 Å². The average Bonchev–Trinajstić information content (AvgIpc) is 2.65. The van der Waals surface area contributed by atoms with Gasteiger partial charge in [0.2, 0.25) is 0 Å². The Bertz CT molecular complexity index is 1120. The maximum atomic E-state index is 12.9. The minimum absolute atomic E-state index is 0.00848. The Balaban J connectivity index is 1.95. The van der Waals surface area contributed by atoms with Crippen LogP contribution in [-0.2, 0) is 12.4 Å². The number of halogens is 6. The third kappa shape index (κ3) is 4.50. The second-order valence-corrected chi connectivity index (χ2v) is 6.27. The SMILES string of the molecule is N=C(N)c1ccc2cc(C(=O)Nc3cc(C(F)(F)F)cc(C(F)(F)F)c3)ccc2n1. The van der Waals surface area contributed by atoms with E-state index in [0.717, 1.165) is 0 Å². The van der Waals surface area contributed by atoms with Gasteiger partial charge in [0.25, 0.3) is 5.91 Å². The molecular formula is C19H12F6N4O. The summed E-state index contributed by atoms with van der Waals surface area (Å²) < 4.78 is 77.7. The third-order valence-electron chi connectivity index (χ3n) is 4.07. The van der Waals surface area contributed by atoms with Gasteiger partial charge in [-0.1, -0.05) is 6.07 Å². The molecule has 1 amide bonds. The van der Waals surface area contributed by atoms with Gasteiger partial charge in [-0.2, -0.15) is 26.3 Å². The molecule has 0 radical (unpaired) electrons. The molecule has 0 fully saturated rings. The van der Waals surface area contributed by atoms with E-state index >= 15 is 0 Å². The van der Waals surface area contributed by atoms with Gasteiger partial charge in [-0.25, -0.2) is 4.98 Å². The van der Waals surface area contributed by atoms with Crippen molar-refractivity contribution in [1.29, 1.82) is 5.41 Å². The quantitative estimate of drug-likeness (QED) is 0.319. The number of aromatic nitrogens is 1. The van der Waals surface area contributed by atoms with Gasteiger partial charge >= 0.3 is 12.4 Å². The van der Waals surface area contributed by atoms with Gasteiger partial charge in [-0.05, 0) is 42.5 Å². The fourth-order valence-corrected chi connectivity index (χ4v) is 2.65. The molecule has 1 heterocycles. The first-order chi connectivity index (χ1) is 13.8. The van der Waals surface area contributed by atoms with Crippen molar-refractivity contribution in [1.82, 2.24) is 4.98 Å². The second kappa shape index (κ2) is 7.32. The van der Waals surface area contributed by atoms with E-state index in [-0.39, 0.29) is 23.2 Å². The average molecular weight is 426 g/mol. The first kappa shape index (κ1) is 21.1. The molecule has 0 saturated heterocycles. The van der Waals surface area contributed by atoms with E-state index in [1.54, 1.807) is 0 Å². The lowest BCUT2D eigenvalue weighted by molar-refractivity contribution is -0.143. The molecule has 0 aliphatic carbocycles. The normalized spacial score (nSPS) is 12.1. The van der Waals surface area contributed by atoms with Crippen LogP contribution in [0.25, 0.3) is 10.9 Å². The highest BCUT2D eigenvalue weighted by Crippen LogP contribution is 2.37. The lowest BCUT2D eigenvalue weighted by atomic mass is 10.1. The zero-order chi connectivity index (χ0) is 22.3. The lowest BCUT2D eigenvalue weighted by Crippen LogP contribution is -2.16. The summed E-state index contributed by atoms with van der Waals surface area (Å²) in [6.07, 6.45) is -10.0. The van der Waals surface area contributed by atoms with Gasteiger partial charge in [0.1, 0.15) is 11.5 Å². The number of rotatable bonds is 3. The van der Waals surface area contributed by atoms with Gasteiger partial charge in [0, 0.05) is 16.6 Å². The number of anilines is 1. The van der Waals surface area contributed by atoms with E-state index in [1.165, 1.54) is 30.3 Å². The smallest absolute Gasteiger partial charge is 0.382 e. The number of carbonyl (C=O) groups excluding carboxylic acids is 1. The van der Waals surface area contributed by atoms with Crippen molar-refractivity contribution in [3.63, 3.8) is 0 Å². The molecule has 3 aromatic rings. The molecule has 0 aliphatic heterocycles. The molecule has 5 nitrogen and oxygen atoms in total. The number of nitrogens with two attached hydrogens (primary N) is 1.